The molecule has 0 saturated carbocycles. The maximum atomic E-state index is 11.6. The van der Waals surface area contributed by atoms with E-state index in [1.165, 1.54) is 4.90 Å². The Balaban J connectivity index is 2.66. The van der Waals surface area contributed by atoms with E-state index < -0.39 is 15.6 Å². The molecule has 0 spiro atoms. The maximum Gasteiger partial charge on any atom is 0.224 e. The van der Waals surface area contributed by atoms with E-state index in [0.717, 1.165) is 6.26 Å². The lowest BCUT2D eigenvalue weighted by atomic mass is 10.1. The summed E-state index contributed by atoms with van der Waals surface area (Å²) in [6.45, 7) is 4.07. The zero-order valence-electron chi connectivity index (χ0n) is 10.2. The van der Waals surface area contributed by atoms with Crippen molar-refractivity contribution in [2.75, 3.05) is 19.3 Å². The summed E-state index contributed by atoms with van der Waals surface area (Å²) >= 11 is 0. The van der Waals surface area contributed by atoms with Gasteiger partial charge in [-0.3, -0.25) is 4.79 Å². The highest BCUT2D eigenvalue weighted by Crippen LogP contribution is 2.19. The second-order valence-corrected chi connectivity index (χ2v) is 6.81. The van der Waals surface area contributed by atoms with E-state index in [1.807, 2.05) is 0 Å². The molecule has 1 heterocycles. The van der Waals surface area contributed by atoms with Crippen molar-refractivity contribution in [2.45, 2.75) is 25.8 Å². The van der Waals surface area contributed by atoms with Gasteiger partial charge in [-0.25, -0.2) is 13.1 Å². The van der Waals surface area contributed by atoms with E-state index in [2.05, 4.69) is 10.8 Å². The number of nitrogens with one attached hydrogen (secondary N) is 1. The van der Waals surface area contributed by atoms with Crippen LogP contribution in [0.2, 0.25) is 0 Å². The van der Waals surface area contributed by atoms with Gasteiger partial charge in [0.25, 0.3) is 0 Å². The highest BCUT2D eigenvalue weighted by Gasteiger charge is 2.34. The average Bonchev–Trinajstić information content (AvgIpc) is 2.42. The first-order valence-electron chi connectivity index (χ1n) is 5.29. The molecule has 1 aliphatic rings. The molecular formula is C10H17N3O3S. The monoisotopic (exact) mass is 259 g/mol. The Hall–Kier alpha value is -1.13. The van der Waals surface area contributed by atoms with Crippen LogP contribution in [-0.2, 0) is 14.8 Å². The van der Waals surface area contributed by atoms with E-state index in [4.69, 9.17) is 5.26 Å². The minimum Gasteiger partial charge on any atom is -0.339 e. The van der Waals surface area contributed by atoms with Crippen LogP contribution in [0.4, 0.5) is 0 Å². The van der Waals surface area contributed by atoms with Crippen LogP contribution in [0.15, 0.2) is 0 Å². The second kappa shape index (κ2) is 4.63. The zero-order chi connectivity index (χ0) is 13.3. The molecule has 1 N–H and O–H groups in total. The van der Waals surface area contributed by atoms with Crippen LogP contribution in [0.1, 0.15) is 20.3 Å². The topological polar surface area (TPSA) is 90.3 Å². The molecule has 1 atom stereocenters. The number of hydrogen-bond donors (Lipinski definition) is 1. The van der Waals surface area contributed by atoms with Crippen molar-refractivity contribution in [3.8, 4) is 6.07 Å². The largest absolute Gasteiger partial charge is 0.339 e. The molecule has 0 radical (unpaired) electrons. The molecule has 0 bridgehead atoms. The van der Waals surface area contributed by atoms with E-state index in [9.17, 15) is 13.2 Å². The van der Waals surface area contributed by atoms with Gasteiger partial charge >= 0.3 is 0 Å². The number of carbonyl (C=O) groups is 1. The number of amides is 1. The van der Waals surface area contributed by atoms with Gasteiger partial charge in [0.15, 0.2) is 0 Å². The van der Waals surface area contributed by atoms with Gasteiger partial charge in [-0.2, -0.15) is 5.26 Å². The first-order valence-corrected chi connectivity index (χ1v) is 7.18. The first kappa shape index (κ1) is 13.9. The second-order valence-electron chi connectivity index (χ2n) is 5.06. The van der Waals surface area contributed by atoms with Crippen molar-refractivity contribution in [1.82, 2.24) is 9.62 Å². The Bertz CT molecular complexity index is 450. The van der Waals surface area contributed by atoms with E-state index in [-0.39, 0.29) is 24.8 Å². The summed E-state index contributed by atoms with van der Waals surface area (Å²) in [4.78, 5) is 13.1. The molecule has 6 nitrogen and oxygen atoms in total. The molecule has 1 fully saturated rings. The number of hydrogen-bond acceptors (Lipinski definition) is 4. The standard InChI is InChI=1S/C10H17N3O3S/c1-10(2,12-17(3,15)16)7-13-6-8(5-11)4-9(13)14/h8,12H,4,6-7H2,1-3H3. The lowest BCUT2D eigenvalue weighted by molar-refractivity contribution is -0.128. The molecule has 0 aliphatic carbocycles. The predicted octanol–water partition coefficient (Wildman–Crippen LogP) is -0.314. The fourth-order valence-corrected chi connectivity index (χ4v) is 3.09. The van der Waals surface area contributed by atoms with Gasteiger partial charge < -0.3 is 4.90 Å². The quantitative estimate of drug-likeness (QED) is 0.749. The zero-order valence-corrected chi connectivity index (χ0v) is 11.0. The summed E-state index contributed by atoms with van der Waals surface area (Å²) in [5.74, 6) is -0.378. The SMILES string of the molecule is CC(C)(CN1CC(C#N)CC1=O)NS(C)(=O)=O. The summed E-state index contributed by atoms with van der Waals surface area (Å²) in [6.07, 6.45) is 1.31. The minimum absolute atomic E-state index is 0.0973. The third-order valence-electron chi connectivity index (χ3n) is 2.44. The Labute approximate surface area is 102 Å². The van der Waals surface area contributed by atoms with Gasteiger partial charge in [0.1, 0.15) is 0 Å². The molecule has 1 rings (SSSR count). The summed E-state index contributed by atoms with van der Waals surface area (Å²) < 4.78 is 24.8. The van der Waals surface area contributed by atoms with Crippen LogP contribution in [0.25, 0.3) is 0 Å². The fourth-order valence-electron chi connectivity index (χ4n) is 2.02. The molecule has 96 valence electrons. The fraction of sp³-hybridized carbons (Fsp3) is 0.800. The lowest BCUT2D eigenvalue weighted by Gasteiger charge is -2.30. The van der Waals surface area contributed by atoms with Crippen molar-refractivity contribution in [2.24, 2.45) is 5.92 Å². The third-order valence-corrected chi connectivity index (χ3v) is 3.37. The summed E-state index contributed by atoms with van der Waals surface area (Å²) in [7, 11) is -3.31. The lowest BCUT2D eigenvalue weighted by Crippen LogP contribution is -2.51. The van der Waals surface area contributed by atoms with Crippen molar-refractivity contribution >= 4 is 15.9 Å². The molecule has 7 heteroatoms. The van der Waals surface area contributed by atoms with Gasteiger partial charge in [-0.1, -0.05) is 0 Å². The highest BCUT2D eigenvalue weighted by molar-refractivity contribution is 7.88. The minimum atomic E-state index is -3.31. The number of carbonyl (C=O) groups excluding carboxylic acids is 1. The number of nitriles is 1. The first-order chi connectivity index (χ1) is 7.63. The molecule has 1 unspecified atom stereocenters. The Morgan fingerprint density at radius 3 is 2.59 bits per heavy atom. The molecule has 1 saturated heterocycles. The van der Waals surface area contributed by atoms with Crippen molar-refractivity contribution < 1.29 is 13.2 Å². The number of likely N-dealkylation sites (tertiary alicyclic amines) is 1. The van der Waals surface area contributed by atoms with E-state index in [1.54, 1.807) is 13.8 Å². The van der Waals surface area contributed by atoms with E-state index in [0.29, 0.717) is 6.54 Å². The molecule has 0 aromatic rings. The van der Waals surface area contributed by atoms with Crippen LogP contribution in [0, 0.1) is 17.2 Å². The van der Waals surface area contributed by atoms with Crippen LogP contribution in [0.5, 0.6) is 0 Å². The molecule has 17 heavy (non-hydrogen) atoms. The van der Waals surface area contributed by atoms with Crippen molar-refractivity contribution in [3.63, 3.8) is 0 Å². The molecular weight excluding hydrogens is 242 g/mol. The Kier molecular flexibility index (Phi) is 3.79. The summed E-state index contributed by atoms with van der Waals surface area (Å²) in [5, 5.41) is 8.75. The molecule has 1 amide bonds. The number of nitrogens with zero attached hydrogens (tertiary/aromatic N) is 2. The predicted molar refractivity (Wildman–Crippen MR) is 62.4 cm³/mol. The van der Waals surface area contributed by atoms with Crippen LogP contribution < -0.4 is 4.72 Å². The van der Waals surface area contributed by atoms with Gasteiger partial charge in [0.2, 0.25) is 15.9 Å². The van der Waals surface area contributed by atoms with Gasteiger partial charge in [-0.05, 0) is 13.8 Å². The normalized spacial score (nSPS) is 21.6. The van der Waals surface area contributed by atoms with Gasteiger partial charge in [0, 0.05) is 25.0 Å². The van der Waals surface area contributed by atoms with Crippen molar-refractivity contribution in [1.29, 1.82) is 5.26 Å². The van der Waals surface area contributed by atoms with Gasteiger partial charge in [0.05, 0.1) is 18.2 Å². The van der Waals surface area contributed by atoms with Crippen molar-refractivity contribution in [3.05, 3.63) is 0 Å². The van der Waals surface area contributed by atoms with Crippen LogP contribution in [-0.4, -0.2) is 44.1 Å². The van der Waals surface area contributed by atoms with Gasteiger partial charge in [-0.15, -0.1) is 0 Å². The molecule has 1 aliphatic heterocycles. The van der Waals surface area contributed by atoms with E-state index >= 15 is 0 Å². The number of sulfonamides is 1. The average molecular weight is 259 g/mol. The Morgan fingerprint density at radius 1 is 1.59 bits per heavy atom. The summed E-state index contributed by atoms with van der Waals surface area (Å²) in [6, 6.07) is 2.06. The van der Waals surface area contributed by atoms with Crippen LogP contribution in [0.3, 0.4) is 0 Å². The number of rotatable bonds is 4. The van der Waals surface area contributed by atoms with Crippen LogP contribution >= 0.6 is 0 Å². The third kappa shape index (κ3) is 4.32. The maximum absolute atomic E-state index is 11.6. The molecule has 0 aromatic heterocycles. The Morgan fingerprint density at radius 2 is 2.18 bits per heavy atom. The molecule has 0 aromatic carbocycles. The summed E-state index contributed by atoms with van der Waals surface area (Å²) in [5.41, 5.74) is -0.729. The smallest absolute Gasteiger partial charge is 0.224 e. The highest BCUT2D eigenvalue weighted by atomic mass is 32.2.